The van der Waals surface area contributed by atoms with Crippen molar-refractivity contribution in [2.24, 2.45) is 0 Å². The Labute approximate surface area is 144 Å². The molecule has 2 amide bonds. The third-order valence-electron chi connectivity index (χ3n) is 4.20. The third kappa shape index (κ3) is 3.37. The van der Waals surface area contributed by atoms with Gasteiger partial charge in [-0.3, -0.25) is 0 Å². The van der Waals surface area contributed by atoms with E-state index in [2.05, 4.69) is 30.5 Å². The Balaban J connectivity index is 1.35. The van der Waals surface area contributed by atoms with Crippen LogP contribution >= 0.6 is 0 Å². The van der Waals surface area contributed by atoms with Crippen LogP contribution in [-0.4, -0.2) is 30.6 Å². The quantitative estimate of drug-likeness (QED) is 0.763. The monoisotopic (exact) mass is 337 g/mol. The highest BCUT2D eigenvalue weighted by Gasteiger charge is 2.16. The molecule has 1 aliphatic rings. The van der Waals surface area contributed by atoms with Gasteiger partial charge in [-0.05, 0) is 25.0 Å². The fourth-order valence-electron chi connectivity index (χ4n) is 2.94. The lowest BCUT2D eigenvalue weighted by Gasteiger charge is -2.14. The highest BCUT2D eigenvalue weighted by molar-refractivity contribution is 5.88. The molecule has 0 saturated heterocycles. The number of urea groups is 1. The van der Waals surface area contributed by atoms with Crippen molar-refractivity contribution in [3.8, 4) is 5.69 Å². The zero-order valence-electron chi connectivity index (χ0n) is 13.7. The predicted octanol–water partition coefficient (Wildman–Crippen LogP) is 2.12. The lowest BCUT2D eigenvalue weighted by molar-refractivity contribution is 0.251. The molecule has 0 fully saturated rings. The first kappa shape index (κ1) is 15.4. The molecular formula is C17H19N7O. The van der Waals surface area contributed by atoms with Crippen molar-refractivity contribution < 1.29 is 4.79 Å². The Bertz CT molecular complexity index is 868. The molecule has 8 heteroatoms. The van der Waals surface area contributed by atoms with Gasteiger partial charge in [-0.25, -0.2) is 9.48 Å². The van der Waals surface area contributed by atoms with E-state index >= 15 is 0 Å². The molecule has 4 rings (SSSR count). The van der Waals surface area contributed by atoms with E-state index in [4.69, 9.17) is 0 Å². The van der Waals surface area contributed by atoms with Gasteiger partial charge in [0, 0.05) is 13.0 Å². The van der Waals surface area contributed by atoms with Gasteiger partial charge in [-0.2, -0.15) is 5.10 Å². The molecule has 8 nitrogen and oxygen atoms in total. The van der Waals surface area contributed by atoms with Crippen molar-refractivity contribution in [1.29, 1.82) is 0 Å². The third-order valence-corrected chi connectivity index (χ3v) is 4.20. The first-order chi connectivity index (χ1) is 12.3. The number of hydrogen-bond acceptors (Lipinski definition) is 4. The number of rotatable bonds is 4. The van der Waals surface area contributed by atoms with E-state index in [1.807, 2.05) is 30.3 Å². The van der Waals surface area contributed by atoms with Gasteiger partial charge in [0.1, 0.15) is 5.82 Å². The second-order valence-corrected chi connectivity index (χ2v) is 5.96. The Morgan fingerprint density at radius 1 is 1.16 bits per heavy atom. The molecule has 3 heterocycles. The molecule has 128 valence electrons. The van der Waals surface area contributed by atoms with Crippen LogP contribution in [0.2, 0.25) is 0 Å². The minimum atomic E-state index is -0.291. The van der Waals surface area contributed by atoms with Crippen LogP contribution in [0.5, 0.6) is 0 Å². The van der Waals surface area contributed by atoms with E-state index in [1.165, 1.54) is 0 Å². The molecule has 2 aromatic heterocycles. The summed E-state index contributed by atoms with van der Waals surface area (Å²) in [4.78, 5) is 12.1. The van der Waals surface area contributed by atoms with Crippen molar-refractivity contribution in [3.05, 3.63) is 54.4 Å². The highest BCUT2D eigenvalue weighted by atomic mass is 16.2. The minimum Gasteiger partial charge on any atom is -0.331 e. The molecule has 0 atom stereocenters. The second kappa shape index (κ2) is 6.76. The molecular weight excluding hydrogens is 318 g/mol. The van der Waals surface area contributed by atoms with E-state index in [0.717, 1.165) is 43.1 Å². The highest BCUT2D eigenvalue weighted by Crippen LogP contribution is 2.14. The molecule has 0 spiro atoms. The fraction of sp³-hybridized carbons (Fsp3) is 0.294. The van der Waals surface area contributed by atoms with Gasteiger partial charge < -0.3 is 15.2 Å². The summed E-state index contributed by atoms with van der Waals surface area (Å²) in [7, 11) is 0. The van der Waals surface area contributed by atoms with Crippen LogP contribution in [0.1, 0.15) is 24.5 Å². The lowest BCUT2D eigenvalue weighted by atomic mass is 10.2. The molecule has 0 radical (unpaired) electrons. The normalized spacial score (nSPS) is 13.3. The first-order valence-electron chi connectivity index (χ1n) is 8.35. The Kier molecular flexibility index (Phi) is 4.16. The topological polar surface area (TPSA) is 89.7 Å². The van der Waals surface area contributed by atoms with Gasteiger partial charge in [0.25, 0.3) is 0 Å². The molecule has 0 saturated carbocycles. The summed E-state index contributed by atoms with van der Waals surface area (Å²) < 4.78 is 3.81. The summed E-state index contributed by atoms with van der Waals surface area (Å²) in [6.45, 7) is 1.27. The number of carbonyl (C=O) groups is 1. The van der Waals surface area contributed by atoms with Crippen LogP contribution in [0.4, 0.5) is 10.5 Å². The fourth-order valence-corrected chi connectivity index (χ4v) is 2.94. The van der Waals surface area contributed by atoms with Crippen LogP contribution in [0.15, 0.2) is 42.7 Å². The number of carbonyl (C=O) groups excluding carboxylic acids is 1. The first-order valence-corrected chi connectivity index (χ1v) is 8.35. The molecule has 0 aliphatic carbocycles. The Morgan fingerprint density at radius 2 is 2.04 bits per heavy atom. The number of amides is 2. The van der Waals surface area contributed by atoms with Gasteiger partial charge in [0.15, 0.2) is 5.82 Å². The number of anilines is 1. The number of nitrogens with zero attached hydrogens (tertiary/aromatic N) is 5. The summed E-state index contributed by atoms with van der Waals surface area (Å²) in [6.07, 6.45) is 6.62. The molecule has 0 unspecified atom stereocenters. The predicted molar refractivity (Wildman–Crippen MR) is 92.4 cm³/mol. The number of para-hydroxylation sites is 1. The van der Waals surface area contributed by atoms with Crippen molar-refractivity contribution in [3.63, 3.8) is 0 Å². The van der Waals surface area contributed by atoms with Gasteiger partial charge in [-0.1, -0.05) is 18.2 Å². The zero-order valence-corrected chi connectivity index (χ0v) is 13.7. The minimum absolute atomic E-state index is 0.291. The number of aromatic nitrogens is 5. The van der Waals surface area contributed by atoms with Crippen molar-refractivity contribution in [1.82, 2.24) is 29.9 Å². The van der Waals surface area contributed by atoms with Crippen molar-refractivity contribution in [2.45, 2.75) is 32.4 Å². The maximum atomic E-state index is 12.1. The molecule has 1 aliphatic heterocycles. The van der Waals surface area contributed by atoms with E-state index < -0.39 is 0 Å². The molecule has 3 aromatic rings. The van der Waals surface area contributed by atoms with Crippen LogP contribution in [0, 0.1) is 0 Å². The summed E-state index contributed by atoms with van der Waals surface area (Å²) in [5.74, 6) is 1.80. The molecule has 1 aromatic carbocycles. The van der Waals surface area contributed by atoms with Crippen LogP contribution < -0.4 is 10.6 Å². The SMILES string of the molecule is O=C(NCc1nnc2n1CCCC2)Nc1cnn(-c2ccccc2)c1. The smallest absolute Gasteiger partial charge is 0.319 e. The van der Waals surface area contributed by atoms with Crippen LogP contribution in [0.25, 0.3) is 5.69 Å². The van der Waals surface area contributed by atoms with Gasteiger partial charge in [-0.15, -0.1) is 10.2 Å². The maximum Gasteiger partial charge on any atom is 0.319 e. The number of fused-ring (bicyclic) bond motifs is 1. The maximum absolute atomic E-state index is 12.1. The average Bonchev–Trinajstić information content (AvgIpc) is 3.28. The van der Waals surface area contributed by atoms with E-state index in [9.17, 15) is 4.79 Å². The average molecular weight is 337 g/mol. The zero-order chi connectivity index (χ0) is 17.1. The summed E-state index contributed by atoms with van der Waals surface area (Å²) in [6, 6.07) is 9.44. The molecule has 0 bridgehead atoms. The standard InChI is InChI=1S/C17H19N7O/c25-17(18-11-16-22-21-15-8-4-5-9-23(15)16)20-13-10-19-24(12-13)14-6-2-1-3-7-14/h1-3,6-7,10,12H,4-5,8-9,11H2,(H2,18,20,25). The van der Waals surface area contributed by atoms with E-state index in [1.54, 1.807) is 17.1 Å². The Hall–Kier alpha value is -3.16. The number of aryl methyl sites for hydroxylation is 1. The number of benzene rings is 1. The van der Waals surface area contributed by atoms with E-state index in [0.29, 0.717) is 12.2 Å². The largest absolute Gasteiger partial charge is 0.331 e. The van der Waals surface area contributed by atoms with Crippen molar-refractivity contribution in [2.75, 3.05) is 5.32 Å². The van der Waals surface area contributed by atoms with Crippen molar-refractivity contribution >= 4 is 11.7 Å². The second-order valence-electron chi connectivity index (χ2n) is 5.96. The van der Waals surface area contributed by atoms with Crippen LogP contribution in [0.3, 0.4) is 0 Å². The van der Waals surface area contributed by atoms with Gasteiger partial charge in [0.2, 0.25) is 0 Å². The number of nitrogens with one attached hydrogen (secondary N) is 2. The molecule has 2 N–H and O–H groups in total. The summed E-state index contributed by atoms with van der Waals surface area (Å²) in [5, 5.41) is 18.2. The Morgan fingerprint density at radius 3 is 2.92 bits per heavy atom. The van der Waals surface area contributed by atoms with Gasteiger partial charge in [0.05, 0.1) is 30.3 Å². The molecule has 25 heavy (non-hydrogen) atoms. The summed E-state index contributed by atoms with van der Waals surface area (Å²) >= 11 is 0. The lowest BCUT2D eigenvalue weighted by Crippen LogP contribution is -2.29. The van der Waals surface area contributed by atoms with E-state index in [-0.39, 0.29) is 6.03 Å². The summed E-state index contributed by atoms with van der Waals surface area (Å²) in [5.41, 5.74) is 1.57. The van der Waals surface area contributed by atoms with Gasteiger partial charge >= 0.3 is 6.03 Å². The van der Waals surface area contributed by atoms with Crippen LogP contribution in [-0.2, 0) is 19.5 Å². The number of hydrogen-bond donors (Lipinski definition) is 2.